The molecule has 0 aliphatic rings. The topological polar surface area (TPSA) is 168 Å². The Bertz CT molecular complexity index is 895. The minimum Gasteiger partial charge on any atom is -0.508 e. The zero-order valence-corrected chi connectivity index (χ0v) is 13.5. The van der Waals surface area contributed by atoms with E-state index in [2.05, 4.69) is 4.74 Å². The predicted octanol–water partition coefficient (Wildman–Crippen LogP) is 0.624. The Morgan fingerprint density at radius 3 is 2.30 bits per heavy atom. The molecule has 27 heavy (non-hydrogen) atoms. The van der Waals surface area contributed by atoms with Crippen LogP contribution >= 0.6 is 0 Å². The van der Waals surface area contributed by atoms with Crippen LogP contribution < -0.4 is 10.9 Å². The smallest absolute Gasteiger partial charge is 0.342 e. The van der Waals surface area contributed by atoms with Crippen molar-refractivity contribution >= 4 is 23.5 Å². The molecule has 0 bridgehead atoms. The van der Waals surface area contributed by atoms with E-state index < -0.39 is 35.1 Å². The third kappa shape index (κ3) is 5.16. The average molecular weight is 375 g/mol. The highest BCUT2D eigenvalue weighted by Gasteiger charge is 2.15. The second-order valence-corrected chi connectivity index (χ2v) is 5.08. The molecule has 0 heterocycles. The van der Waals surface area contributed by atoms with Crippen LogP contribution in [0.5, 0.6) is 11.5 Å². The molecule has 4 N–H and O–H groups in total. The van der Waals surface area contributed by atoms with Crippen LogP contribution in [0.1, 0.15) is 20.7 Å². The van der Waals surface area contributed by atoms with Gasteiger partial charge in [0.25, 0.3) is 17.5 Å². The number of carbonyl (C=O) groups is 3. The number of nitrogens with zero attached hydrogens (tertiary/aromatic N) is 1. The fourth-order valence-electron chi connectivity index (χ4n) is 1.87. The number of hydrogen-bond acceptors (Lipinski definition) is 8. The summed E-state index contributed by atoms with van der Waals surface area (Å²) in [5, 5.41) is 29.2. The number of rotatable bonds is 5. The molecule has 0 radical (unpaired) electrons. The van der Waals surface area contributed by atoms with Gasteiger partial charge in [0, 0.05) is 23.8 Å². The summed E-state index contributed by atoms with van der Waals surface area (Å²) < 4.78 is 4.67. The van der Waals surface area contributed by atoms with Crippen molar-refractivity contribution in [3.63, 3.8) is 0 Å². The van der Waals surface area contributed by atoms with E-state index in [1.54, 1.807) is 0 Å². The zero-order chi connectivity index (χ0) is 20.0. The number of hydrogen-bond donors (Lipinski definition) is 4. The van der Waals surface area contributed by atoms with Gasteiger partial charge in [-0.1, -0.05) is 0 Å². The number of phenolic OH excluding ortho intramolecular Hbond substituents is 2. The van der Waals surface area contributed by atoms with Crippen LogP contribution in [-0.2, 0) is 9.53 Å². The second-order valence-electron chi connectivity index (χ2n) is 5.08. The number of aromatic hydroxyl groups is 2. The van der Waals surface area contributed by atoms with E-state index in [4.69, 9.17) is 5.11 Å². The van der Waals surface area contributed by atoms with Crippen molar-refractivity contribution in [3.8, 4) is 11.5 Å². The Labute approximate surface area is 151 Å². The standard InChI is InChI=1S/C16H13N3O8/c20-11-5-6-12(13(21)7-11)16(24)27-8-14(22)17-18-15(23)9-1-3-10(4-2-9)19(25)26/h1-7,20-21H,8H2,(H,17,22)(H,18,23). The van der Waals surface area contributed by atoms with Gasteiger partial charge >= 0.3 is 5.97 Å². The Morgan fingerprint density at radius 1 is 1.04 bits per heavy atom. The van der Waals surface area contributed by atoms with Crippen LogP contribution in [0.3, 0.4) is 0 Å². The monoisotopic (exact) mass is 375 g/mol. The highest BCUT2D eigenvalue weighted by atomic mass is 16.6. The molecule has 0 saturated heterocycles. The van der Waals surface area contributed by atoms with Crippen LogP contribution in [0.2, 0.25) is 0 Å². The molecule has 0 fully saturated rings. The Balaban J connectivity index is 1.82. The Kier molecular flexibility index (Phi) is 5.89. The molecule has 2 amide bonds. The molecule has 2 rings (SSSR count). The number of amides is 2. The van der Waals surface area contributed by atoms with Gasteiger partial charge in [-0.05, 0) is 24.3 Å². The summed E-state index contributed by atoms with van der Waals surface area (Å²) in [6.45, 7) is -0.750. The molecule has 2 aromatic carbocycles. The molecule has 0 saturated carbocycles. The normalized spacial score (nSPS) is 9.93. The molecular weight excluding hydrogens is 362 g/mol. The number of nitrogens with one attached hydrogen (secondary N) is 2. The van der Waals surface area contributed by atoms with Gasteiger partial charge in [0.2, 0.25) is 0 Å². The lowest BCUT2D eigenvalue weighted by Crippen LogP contribution is -2.43. The fraction of sp³-hybridized carbons (Fsp3) is 0.0625. The van der Waals surface area contributed by atoms with Crippen molar-refractivity contribution in [2.75, 3.05) is 6.61 Å². The number of esters is 1. The molecule has 0 spiro atoms. The van der Waals surface area contributed by atoms with Crippen LogP contribution in [0.15, 0.2) is 42.5 Å². The van der Waals surface area contributed by atoms with Gasteiger partial charge < -0.3 is 14.9 Å². The number of non-ortho nitro benzene ring substituents is 1. The van der Waals surface area contributed by atoms with Gasteiger partial charge in [-0.3, -0.25) is 30.6 Å². The first kappa shape index (κ1) is 19.2. The molecule has 0 aromatic heterocycles. The van der Waals surface area contributed by atoms with Crippen LogP contribution in [0.4, 0.5) is 5.69 Å². The van der Waals surface area contributed by atoms with Gasteiger partial charge in [0.15, 0.2) is 6.61 Å². The first-order valence-corrected chi connectivity index (χ1v) is 7.30. The van der Waals surface area contributed by atoms with Crippen molar-refractivity contribution in [2.45, 2.75) is 0 Å². The quantitative estimate of drug-likeness (QED) is 0.335. The summed E-state index contributed by atoms with van der Waals surface area (Å²) in [6, 6.07) is 7.86. The number of nitro benzene ring substituents is 1. The van der Waals surface area contributed by atoms with E-state index in [1.807, 2.05) is 10.9 Å². The molecule has 2 aromatic rings. The largest absolute Gasteiger partial charge is 0.508 e. The first-order valence-electron chi connectivity index (χ1n) is 7.30. The van der Waals surface area contributed by atoms with E-state index in [0.717, 1.165) is 30.3 Å². The lowest BCUT2D eigenvalue weighted by Gasteiger charge is -2.09. The number of benzene rings is 2. The van der Waals surface area contributed by atoms with E-state index in [1.165, 1.54) is 12.1 Å². The second kappa shape index (κ2) is 8.29. The molecular formula is C16H13N3O8. The molecule has 11 heteroatoms. The minimum atomic E-state index is -1.01. The number of ether oxygens (including phenoxy) is 1. The van der Waals surface area contributed by atoms with Crippen LogP contribution in [0.25, 0.3) is 0 Å². The maximum atomic E-state index is 11.8. The average Bonchev–Trinajstić information content (AvgIpc) is 2.64. The molecule has 140 valence electrons. The minimum absolute atomic E-state index is 0.0620. The van der Waals surface area contributed by atoms with E-state index >= 15 is 0 Å². The third-order valence-electron chi connectivity index (χ3n) is 3.19. The highest BCUT2D eigenvalue weighted by molar-refractivity contribution is 5.96. The fourth-order valence-corrected chi connectivity index (χ4v) is 1.87. The molecule has 0 aliphatic heterocycles. The number of phenols is 2. The number of hydrazine groups is 1. The van der Waals surface area contributed by atoms with Crippen LogP contribution in [0, 0.1) is 10.1 Å². The van der Waals surface area contributed by atoms with Gasteiger partial charge in [-0.2, -0.15) is 0 Å². The lowest BCUT2D eigenvalue weighted by atomic mass is 10.2. The highest BCUT2D eigenvalue weighted by Crippen LogP contribution is 2.23. The van der Waals surface area contributed by atoms with Crippen molar-refractivity contribution < 1.29 is 34.3 Å². The molecule has 0 atom stereocenters. The van der Waals surface area contributed by atoms with Crippen molar-refractivity contribution in [3.05, 3.63) is 63.7 Å². The summed E-state index contributed by atoms with van der Waals surface area (Å²) in [5.41, 5.74) is 3.66. The van der Waals surface area contributed by atoms with Crippen molar-refractivity contribution in [1.82, 2.24) is 10.9 Å². The Hall–Kier alpha value is -4.15. The van der Waals surface area contributed by atoms with Crippen molar-refractivity contribution in [1.29, 1.82) is 0 Å². The lowest BCUT2D eigenvalue weighted by molar-refractivity contribution is -0.384. The summed E-state index contributed by atoms with van der Waals surface area (Å²) in [6.07, 6.45) is 0. The summed E-state index contributed by atoms with van der Waals surface area (Å²) >= 11 is 0. The van der Waals surface area contributed by atoms with Gasteiger partial charge in [0.1, 0.15) is 17.1 Å². The summed E-state index contributed by atoms with van der Waals surface area (Å²) in [5.74, 6) is -3.38. The summed E-state index contributed by atoms with van der Waals surface area (Å²) in [4.78, 5) is 45.1. The maximum Gasteiger partial charge on any atom is 0.342 e. The van der Waals surface area contributed by atoms with Gasteiger partial charge in [0.05, 0.1) is 4.92 Å². The molecule has 11 nitrogen and oxygen atoms in total. The number of carbonyl (C=O) groups excluding carboxylic acids is 3. The molecule has 0 aliphatic carbocycles. The van der Waals surface area contributed by atoms with Gasteiger partial charge in [-0.25, -0.2) is 4.79 Å². The zero-order valence-electron chi connectivity index (χ0n) is 13.5. The van der Waals surface area contributed by atoms with Gasteiger partial charge in [-0.15, -0.1) is 0 Å². The Morgan fingerprint density at radius 2 is 1.70 bits per heavy atom. The van der Waals surface area contributed by atoms with E-state index in [0.29, 0.717) is 0 Å². The van der Waals surface area contributed by atoms with E-state index in [9.17, 15) is 29.6 Å². The predicted molar refractivity (Wildman–Crippen MR) is 88.8 cm³/mol. The van der Waals surface area contributed by atoms with Crippen molar-refractivity contribution in [2.24, 2.45) is 0 Å². The number of nitro groups is 1. The summed E-state index contributed by atoms with van der Waals surface area (Å²) in [7, 11) is 0. The van der Waals surface area contributed by atoms with E-state index in [-0.39, 0.29) is 22.6 Å². The SMILES string of the molecule is O=C(COC(=O)c1ccc(O)cc1O)NNC(=O)c1ccc([N+](=O)[O-])cc1. The maximum absolute atomic E-state index is 11.8. The van der Waals surface area contributed by atoms with Crippen LogP contribution in [-0.4, -0.2) is 39.5 Å². The third-order valence-corrected chi connectivity index (χ3v) is 3.19. The molecule has 0 unspecified atom stereocenters. The first-order chi connectivity index (χ1) is 12.8.